The molecule has 0 bridgehead atoms. The SMILES string of the molecule is Cc1cc(Nc2cc(N3CCC(N4CCCC4)CC3)nc(Sc3ccc4ccccc4c3)n2)n[nH]1.[HH]. The van der Waals surface area contributed by atoms with Crippen molar-refractivity contribution in [1.82, 2.24) is 25.1 Å². The van der Waals surface area contributed by atoms with Crippen molar-refractivity contribution in [1.29, 1.82) is 0 Å². The fourth-order valence-electron chi connectivity index (χ4n) is 5.20. The second-order valence-electron chi connectivity index (χ2n) is 9.53. The van der Waals surface area contributed by atoms with Crippen molar-refractivity contribution in [2.24, 2.45) is 0 Å². The van der Waals surface area contributed by atoms with E-state index >= 15 is 0 Å². The van der Waals surface area contributed by atoms with Crippen molar-refractivity contribution >= 4 is 40.0 Å². The lowest BCUT2D eigenvalue weighted by atomic mass is 10.0. The molecule has 35 heavy (non-hydrogen) atoms. The maximum Gasteiger partial charge on any atom is 0.196 e. The number of aryl methyl sites for hydroxylation is 1. The lowest BCUT2D eigenvalue weighted by Crippen LogP contribution is -2.44. The number of hydrogen-bond donors (Lipinski definition) is 2. The van der Waals surface area contributed by atoms with E-state index in [1.54, 1.807) is 11.8 Å². The van der Waals surface area contributed by atoms with Crippen LogP contribution in [-0.4, -0.2) is 57.3 Å². The Bertz CT molecular complexity index is 1310. The number of likely N-dealkylation sites (tertiary alicyclic amines) is 1. The lowest BCUT2D eigenvalue weighted by molar-refractivity contribution is 0.207. The molecular weight excluding hydrogens is 454 g/mol. The zero-order valence-corrected chi connectivity index (χ0v) is 20.9. The maximum absolute atomic E-state index is 5.00. The summed E-state index contributed by atoms with van der Waals surface area (Å²) in [7, 11) is 0. The Morgan fingerprint density at radius 3 is 2.49 bits per heavy atom. The molecule has 6 rings (SSSR count). The van der Waals surface area contributed by atoms with Crippen molar-refractivity contribution in [3.05, 3.63) is 60.3 Å². The molecule has 2 aliphatic rings. The molecule has 2 N–H and O–H groups in total. The molecule has 2 fully saturated rings. The molecule has 2 aliphatic heterocycles. The minimum absolute atomic E-state index is 0. The number of nitrogens with one attached hydrogen (secondary N) is 2. The van der Waals surface area contributed by atoms with Gasteiger partial charge in [-0.3, -0.25) is 5.10 Å². The normalized spacial score (nSPS) is 17.3. The first-order chi connectivity index (χ1) is 17.2. The van der Waals surface area contributed by atoms with Crippen LogP contribution in [-0.2, 0) is 0 Å². The van der Waals surface area contributed by atoms with Crippen LogP contribution in [0.15, 0.2) is 64.6 Å². The highest BCUT2D eigenvalue weighted by Gasteiger charge is 2.27. The van der Waals surface area contributed by atoms with E-state index in [-0.39, 0.29) is 1.43 Å². The quantitative estimate of drug-likeness (QED) is 0.330. The van der Waals surface area contributed by atoms with Crippen molar-refractivity contribution in [2.45, 2.75) is 48.7 Å². The van der Waals surface area contributed by atoms with E-state index in [0.29, 0.717) is 6.04 Å². The molecule has 2 saturated heterocycles. The first-order valence-electron chi connectivity index (χ1n) is 12.5. The highest BCUT2D eigenvalue weighted by atomic mass is 32.2. The largest absolute Gasteiger partial charge is 0.356 e. The smallest absolute Gasteiger partial charge is 0.196 e. The molecule has 2 aromatic heterocycles. The molecule has 0 saturated carbocycles. The van der Waals surface area contributed by atoms with Crippen molar-refractivity contribution in [3.63, 3.8) is 0 Å². The standard InChI is InChI=1S/C27H31N7S.H2/c1-19-16-25(32-31-19)28-24-18-26(34-14-10-22(11-15-34)33-12-4-5-13-33)30-27(29-24)35-23-9-8-20-6-2-3-7-21(20)17-23;/h2-3,6-9,16-18,22H,4-5,10-15H2,1H3,(H2,28,29,30,31,32);1H. The number of piperidine rings is 1. The monoisotopic (exact) mass is 487 g/mol. The van der Waals surface area contributed by atoms with Crippen molar-refractivity contribution in [2.75, 3.05) is 36.4 Å². The first-order valence-corrected chi connectivity index (χ1v) is 13.3. The third-order valence-corrected chi connectivity index (χ3v) is 7.88. The van der Waals surface area contributed by atoms with Gasteiger partial charge in [-0.05, 0) is 80.4 Å². The van der Waals surface area contributed by atoms with Crippen molar-refractivity contribution in [3.8, 4) is 0 Å². The fourth-order valence-corrected chi connectivity index (χ4v) is 6.02. The Kier molecular flexibility index (Phi) is 6.31. The molecule has 0 spiro atoms. The number of anilines is 3. The summed E-state index contributed by atoms with van der Waals surface area (Å²) < 4.78 is 0. The number of H-pyrrole nitrogens is 1. The summed E-state index contributed by atoms with van der Waals surface area (Å²) in [5, 5.41) is 13.9. The van der Waals surface area contributed by atoms with Gasteiger partial charge in [0, 0.05) is 43.3 Å². The van der Waals surface area contributed by atoms with Gasteiger partial charge >= 0.3 is 0 Å². The molecule has 182 valence electrons. The molecule has 2 aromatic carbocycles. The summed E-state index contributed by atoms with van der Waals surface area (Å²) in [6, 6.07) is 19.7. The number of fused-ring (bicyclic) bond motifs is 1. The minimum atomic E-state index is 0. The van der Waals surface area contributed by atoms with E-state index in [9.17, 15) is 0 Å². The molecule has 0 unspecified atom stereocenters. The van der Waals surface area contributed by atoms with Crippen LogP contribution < -0.4 is 10.2 Å². The molecule has 0 radical (unpaired) electrons. The molecule has 0 aliphatic carbocycles. The number of aromatic nitrogens is 4. The Balaban J connectivity index is 0.00000267. The van der Waals surface area contributed by atoms with E-state index < -0.39 is 0 Å². The molecule has 8 heteroatoms. The van der Waals surface area contributed by atoms with E-state index in [1.807, 2.05) is 13.0 Å². The van der Waals surface area contributed by atoms with E-state index in [0.717, 1.165) is 46.3 Å². The van der Waals surface area contributed by atoms with Crippen LogP contribution in [0.3, 0.4) is 0 Å². The van der Waals surface area contributed by atoms with Gasteiger partial charge in [0.05, 0.1) is 0 Å². The summed E-state index contributed by atoms with van der Waals surface area (Å²) in [4.78, 5) is 16.1. The molecule has 7 nitrogen and oxygen atoms in total. The average molecular weight is 488 g/mol. The van der Waals surface area contributed by atoms with Crippen LogP contribution in [0, 0.1) is 6.92 Å². The van der Waals surface area contributed by atoms with Crippen LogP contribution in [0.5, 0.6) is 0 Å². The summed E-state index contributed by atoms with van der Waals surface area (Å²) in [5.41, 5.74) is 1.01. The van der Waals surface area contributed by atoms with Gasteiger partial charge in [-0.15, -0.1) is 0 Å². The van der Waals surface area contributed by atoms with Gasteiger partial charge in [0.1, 0.15) is 11.6 Å². The first kappa shape index (κ1) is 22.4. The summed E-state index contributed by atoms with van der Waals surface area (Å²) >= 11 is 1.61. The Hall–Kier alpha value is -3.10. The van der Waals surface area contributed by atoms with Gasteiger partial charge in [0.2, 0.25) is 0 Å². The predicted molar refractivity (Wildman–Crippen MR) is 145 cm³/mol. The number of rotatable bonds is 6. The molecule has 4 heterocycles. The highest BCUT2D eigenvalue weighted by molar-refractivity contribution is 7.99. The molecular formula is C27H33N7S. The van der Waals surface area contributed by atoms with Crippen LogP contribution in [0.25, 0.3) is 10.8 Å². The Morgan fingerprint density at radius 1 is 0.914 bits per heavy atom. The molecule has 4 aromatic rings. The van der Waals surface area contributed by atoms with Crippen LogP contribution >= 0.6 is 11.8 Å². The lowest BCUT2D eigenvalue weighted by Gasteiger charge is -2.37. The summed E-state index contributed by atoms with van der Waals surface area (Å²) in [6.45, 7) is 6.58. The Labute approximate surface area is 211 Å². The predicted octanol–water partition coefficient (Wildman–Crippen LogP) is 5.87. The van der Waals surface area contributed by atoms with E-state index in [1.165, 1.54) is 49.5 Å². The van der Waals surface area contributed by atoms with E-state index in [4.69, 9.17) is 9.97 Å². The number of aromatic amines is 1. The van der Waals surface area contributed by atoms with Crippen molar-refractivity contribution < 1.29 is 1.43 Å². The second kappa shape index (κ2) is 9.87. The third kappa shape index (κ3) is 5.13. The molecule has 0 atom stereocenters. The minimum Gasteiger partial charge on any atom is -0.356 e. The Morgan fingerprint density at radius 2 is 1.71 bits per heavy atom. The van der Waals surface area contributed by atoms with Crippen LogP contribution in [0.1, 0.15) is 32.8 Å². The fraction of sp³-hybridized carbons (Fsp3) is 0.370. The zero-order chi connectivity index (χ0) is 23.6. The highest BCUT2D eigenvalue weighted by Crippen LogP contribution is 2.32. The topological polar surface area (TPSA) is 73.0 Å². The van der Waals surface area contributed by atoms with Crippen LogP contribution in [0.4, 0.5) is 17.5 Å². The van der Waals surface area contributed by atoms with E-state index in [2.05, 4.69) is 73.8 Å². The average Bonchev–Trinajstić information content (AvgIpc) is 3.56. The summed E-state index contributed by atoms with van der Waals surface area (Å²) in [6.07, 6.45) is 5.09. The van der Waals surface area contributed by atoms with Crippen LogP contribution in [0.2, 0.25) is 0 Å². The molecule has 0 amide bonds. The van der Waals surface area contributed by atoms with Gasteiger partial charge in [0.15, 0.2) is 11.0 Å². The van der Waals surface area contributed by atoms with Gasteiger partial charge in [-0.25, -0.2) is 9.97 Å². The number of hydrogen-bond acceptors (Lipinski definition) is 7. The maximum atomic E-state index is 5.00. The second-order valence-corrected chi connectivity index (χ2v) is 10.6. The van der Waals surface area contributed by atoms with Gasteiger partial charge in [0.25, 0.3) is 0 Å². The van der Waals surface area contributed by atoms with Gasteiger partial charge in [-0.2, -0.15) is 5.10 Å². The summed E-state index contributed by atoms with van der Waals surface area (Å²) in [5.74, 6) is 2.52. The zero-order valence-electron chi connectivity index (χ0n) is 20.1. The third-order valence-electron chi connectivity index (χ3n) is 7.03. The van der Waals surface area contributed by atoms with Gasteiger partial charge in [-0.1, -0.05) is 30.3 Å². The number of benzene rings is 2. The van der Waals surface area contributed by atoms with Gasteiger partial charge < -0.3 is 15.1 Å². The number of nitrogens with zero attached hydrogens (tertiary/aromatic N) is 5.